The van der Waals surface area contributed by atoms with E-state index >= 15 is 0 Å². The number of nitrogens with one attached hydrogen (secondary N) is 2. The molecule has 8 heteroatoms. The molecule has 3 heterocycles. The summed E-state index contributed by atoms with van der Waals surface area (Å²) >= 11 is 1.15. The molecule has 4 aromatic rings. The highest BCUT2D eigenvalue weighted by atomic mass is 32.1. The molecule has 0 saturated heterocycles. The van der Waals surface area contributed by atoms with Crippen molar-refractivity contribution in [1.29, 1.82) is 0 Å². The van der Waals surface area contributed by atoms with Gasteiger partial charge < -0.3 is 20.1 Å². The van der Waals surface area contributed by atoms with Crippen molar-refractivity contribution in [3.63, 3.8) is 0 Å². The monoisotopic (exact) mass is 408 g/mol. The summed E-state index contributed by atoms with van der Waals surface area (Å²) in [6, 6.07) is 12.0. The third-order valence-corrected chi connectivity index (χ3v) is 5.58. The molecular weight excluding hydrogens is 388 g/mol. The number of hydrogen-bond acceptors (Lipinski definition) is 6. The molecular formula is C21H20N4O3S. The van der Waals surface area contributed by atoms with Crippen molar-refractivity contribution >= 4 is 34.0 Å². The number of ether oxygens (including phenoxy) is 1. The lowest BCUT2D eigenvalue weighted by Crippen LogP contribution is -2.06. The third-order valence-electron chi connectivity index (χ3n) is 4.45. The van der Waals surface area contributed by atoms with Gasteiger partial charge in [-0.15, -0.1) is 11.3 Å². The summed E-state index contributed by atoms with van der Waals surface area (Å²) in [5, 5.41) is 13.9. The van der Waals surface area contributed by atoms with Crippen molar-refractivity contribution in [3.05, 3.63) is 59.4 Å². The van der Waals surface area contributed by atoms with Crippen LogP contribution >= 0.6 is 11.3 Å². The molecule has 29 heavy (non-hydrogen) atoms. The summed E-state index contributed by atoms with van der Waals surface area (Å²) < 4.78 is 5.44. The molecule has 4 rings (SSSR count). The average Bonchev–Trinajstić information content (AvgIpc) is 3.35. The summed E-state index contributed by atoms with van der Waals surface area (Å²) in [6.07, 6.45) is 4.27. The topological polar surface area (TPSA) is 100 Å². The van der Waals surface area contributed by atoms with Gasteiger partial charge in [0.2, 0.25) is 0 Å². The van der Waals surface area contributed by atoms with Crippen LogP contribution in [0.5, 0.6) is 5.75 Å². The van der Waals surface area contributed by atoms with Gasteiger partial charge in [-0.2, -0.15) is 0 Å². The van der Waals surface area contributed by atoms with Gasteiger partial charge in [0.1, 0.15) is 17.9 Å². The van der Waals surface area contributed by atoms with Crippen molar-refractivity contribution in [2.45, 2.75) is 13.3 Å². The van der Waals surface area contributed by atoms with Crippen LogP contribution in [0.2, 0.25) is 0 Å². The second-order valence-electron chi connectivity index (χ2n) is 6.41. The Morgan fingerprint density at radius 3 is 2.97 bits per heavy atom. The van der Waals surface area contributed by atoms with Crippen LogP contribution in [0.1, 0.15) is 22.2 Å². The van der Waals surface area contributed by atoms with Crippen LogP contribution in [0.25, 0.3) is 21.5 Å². The molecule has 0 atom stereocenters. The van der Waals surface area contributed by atoms with Gasteiger partial charge in [-0.05, 0) is 42.5 Å². The van der Waals surface area contributed by atoms with E-state index < -0.39 is 5.97 Å². The molecule has 0 spiro atoms. The Bertz CT molecular complexity index is 1150. The highest BCUT2D eigenvalue weighted by Crippen LogP contribution is 2.36. The number of carboxylic acid groups (broad SMARTS) is 1. The fourth-order valence-electron chi connectivity index (χ4n) is 3.09. The maximum atomic E-state index is 11.4. The third kappa shape index (κ3) is 4.22. The highest BCUT2D eigenvalue weighted by molar-refractivity contribution is 7.17. The van der Waals surface area contributed by atoms with E-state index in [1.165, 1.54) is 17.3 Å². The predicted octanol–water partition coefficient (Wildman–Crippen LogP) is 4.44. The normalized spacial score (nSPS) is 10.9. The first-order valence-corrected chi connectivity index (χ1v) is 10.1. The predicted molar refractivity (Wildman–Crippen MR) is 114 cm³/mol. The van der Waals surface area contributed by atoms with E-state index in [2.05, 4.69) is 44.5 Å². The number of anilines is 1. The van der Waals surface area contributed by atoms with Crippen molar-refractivity contribution in [2.75, 3.05) is 18.5 Å². The molecule has 0 saturated carbocycles. The quantitative estimate of drug-likeness (QED) is 0.399. The highest BCUT2D eigenvalue weighted by Gasteiger charge is 2.18. The average molecular weight is 408 g/mol. The number of aromatic nitrogens is 3. The Kier molecular flexibility index (Phi) is 5.44. The van der Waals surface area contributed by atoms with Gasteiger partial charge in [0.05, 0.1) is 17.2 Å². The van der Waals surface area contributed by atoms with Gasteiger partial charge in [0, 0.05) is 30.4 Å². The summed E-state index contributed by atoms with van der Waals surface area (Å²) in [5.41, 5.74) is 3.03. The minimum absolute atomic E-state index is 0.176. The number of fused-ring (bicyclic) bond motifs is 1. The van der Waals surface area contributed by atoms with Crippen LogP contribution in [-0.2, 0) is 6.42 Å². The second-order valence-corrected chi connectivity index (χ2v) is 7.46. The maximum absolute atomic E-state index is 11.4. The van der Waals surface area contributed by atoms with Crippen molar-refractivity contribution in [1.82, 2.24) is 15.0 Å². The summed E-state index contributed by atoms with van der Waals surface area (Å²) in [7, 11) is 0. The van der Waals surface area contributed by atoms with Crippen LogP contribution < -0.4 is 10.1 Å². The van der Waals surface area contributed by atoms with Gasteiger partial charge in [-0.1, -0.05) is 6.07 Å². The number of aromatic carboxylic acids is 1. The van der Waals surface area contributed by atoms with Crippen molar-refractivity contribution in [2.24, 2.45) is 0 Å². The first-order valence-electron chi connectivity index (χ1n) is 9.26. The van der Waals surface area contributed by atoms with Crippen LogP contribution in [0.3, 0.4) is 0 Å². The Morgan fingerprint density at radius 2 is 2.14 bits per heavy atom. The van der Waals surface area contributed by atoms with Crippen LogP contribution in [0.15, 0.2) is 48.9 Å². The number of nitrogens with zero attached hydrogens (tertiary/aromatic N) is 2. The van der Waals surface area contributed by atoms with E-state index in [-0.39, 0.29) is 4.88 Å². The molecule has 0 unspecified atom stereocenters. The van der Waals surface area contributed by atoms with E-state index in [0.717, 1.165) is 34.7 Å². The number of rotatable bonds is 8. The lowest BCUT2D eigenvalue weighted by Gasteiger charge is -2.07. The number of thiophene rings is 1. The van der Waals surface area contributed by atoms with Gasteiger partial charge in [0.15, 0.2) is 4.88 Å². The lowest BCUT2D eigenvalue weighted by molar-refractivity contribution is 0.0698. The van der Waals surface area contributed by atoms with Crippen LogP contribution in [-0.4, -0.2) is 39.2 Å². The molecule has 0 aliphatic heterocycles. The minimum Gasteiger partial charge on any atom is -0.492 e. The molecule has 0 aliphatic rings. The largest absolute Gasteiger partial charge is 0.492 e. The Balaban J connectivity index is 1.45. The zero-order chi connectivity index (χ0) is 20.2. The molecule has 1 aromatic carbocycles. The molecule has 0 bridgehead atoms. The SMILES string of the molecule is CCOc1cc(-c2cc(NCCc3ccc4[nH]ccc4c3)ncn2)sc1C(=O)O. The van der Waals surface area contributed by atoms with E-state index in [0.29, 0.717) is 23.9 Å². The van der Waals surface area contributed by atoms with E-state index in [1.807, 2.05) is 19.2 Å². The number of hydrogen-bond donors (Lipinski definition) is 3. The second kappa shape index (κ2) is 8.32. The van der Waals surface area contributed by atoms with Crippen molar-refractivity contribution < 1.29 is 14.6 Å². The Morgan fingerprint density at radius 1 is 1.24 bits per heavy atom. The van der Waals surface area contributed by atoms with E-state index in [1.54, 1.807) is 6.07 Å². The van der Waals surface area contributed by atoms with E-state index in [4.69, 9.17) is 4.74 Å². The first-order chi connectivity index (χ1) is 14.1. The zero-order valence-corrected chi connectivity index (χ0v) is 16.6. The minimum atomic E-state index is -1.00. The Hall–Kier alpha value is -3.39. The van der Waals surface area contributed by atoms with E-state index in [9.17, 15) is 9.90 Å². The summed E-state index contributed by atoms with van der Waals surface area (Å²) in [6.45, 7) is 2.95. The first kappa shape index (κ1) is 18.9. The van der Waals surface area contributed by atoms with Crippen LogP contribution in [0, 0.1) is 0 Å². The fraction of sp³-hybridized carbons (Fsp3) is 0.190. The number of carbonyl (C=O) groups is 1. The molecule has 0 aliphatic carbocycles. The standard InChI is InChI=1S/C21H20N4O3S/c1-2-28-17-11-18(29-20(17)21(26)27)16-10-19(25-12-24-16)23-7-5-13-3-4-15-14(9-13)6-8-22-15/h3-4,6,8-12,22H,2,5,7H2,1H3,(H,26,27)(H,23,24,25). The summed E-state index contributed by atoms with van der Waals surface area (Å²) in [5.74, 6) is 0.0609. The fourth-order valence-corrected chi connectivity index (χ4v) is 4.00. The molecule has 0 fully saturated rings. The van der Waals surface area contributed by atoms with Gasteiger partial charge in [-0.25, -0.2) is 14.8 Å². The van der Waals surface area contributed by atoms with Gasteiger partial charge in [0.25, 0.3) is 0 Å². The molecule has 3 N–H and O–H groups in total. The summed E-state index contributed by atoms with van der Waals surface area (Å²) in [4.78, 5) is 24.1. The Labute approximate surface area is 171 Å². The number of carboxylic acids is 1. The lowest BCUT2D eigenvalue weighted by atomic mass is 10.1. The molecule has 7 nitrogen and oxygen atoms in total. The number of H-pyrrole nitrogens is 1. The zero-order valence-electron chi connectivity index (χ0n) is 15.8. The van der Waals surface area contributed by atoms with Gasteiger partial charge in [-0.3, -0.25) is 0 Å². The molecule has 0 amide bonds. The van der Waals surface area contributed by atoms with Gasteiger partial charge >= 0.3 is 5.97 Å². The number of benzene rings is 1. The van der Waals surface area contributed by atoms with Crippen molar-refractivity contribution in [3.8, 4) is 16.3 Å². The maximum Gasteiger partial charge on any atom is 0.349 e. The molecule has 0 radical (unpaired) electrons. The number of aromatic amines is 1. The molecule has 148 valence electrons. The molecule has 3 aromatic heterocycles. The smallest absolute Gasteiger partial charge is 0.349 e. The van der Waals surface area contributed by atoms with Crippen LogP contribution in [0.4, 0.5) is 5.82 Å².